The van der Waals surface area contributed by atoms with Crippen molar-refractivity contribution in [2.24, 2.45) is 0 Å². The molecule has 0 bridgehead atoms. The van der Waals surface area contributed by atoms with Crippen molar-refractivity contribution in [2.75, 3.05) is 12.4 Å². The molecule has 0 saturated heterocycles. The zero-order chi connectivity index (χ0) is 15.9. The fourth-order valence-corrected chi connectivity index (χ4v) is 2.94. The number of nitrogens with one attached hydrogen (secondary N) is 1. The lowest BCUT2D eigenvalue weighted by Crippen LogP contribution is -2.10. The number of hydrogen-bond donors (Lipinski definition) is 1. The van der Waals surface area contributed by atoms with Gasteiger partial charge in [-0.2, -0.15) is 0 Å². The van der Waals surface area contributed by atoms with Crippen molar-refractivity contribution < 1.29 is 14.3 Å². The Morgan fingerprint density at radius 2 is 2.00 bits per heavy atom. The average molecular weight is 318 g/mol. The molecule has 2 rings (SSSR count). The first-order chi connectivity index (χ1) is 10.6. The second-order valence-corrected chi connectivity index (χ2v) is 5.79. The second kappa shape index (κ2) is 7.70. The third-order valence-corrected chi connectivity index (χ3v) is 3.97. The van der Waals surface area contributed by atoms with Crippen LogP contribution in [0.15, 0.2) is 30.3 Å². The van der Waals surface area contributed by atoms with Gasteiger partial charge in [-0.05, 0) is 6.42 Å². The number of benzene rings is 1. The summed E-state index contributed by atoms with van der Waals surface area (Å²) in [5.74, 6) is -0.396. The molecule has 0 unspecified atom stereocenters. The summed E-state index contributed by atoms with van der Waals surface area (Å²) in [7, 11) is 1.36. The van der Waals surface area contributed by atoms with Gasteiger partial charge in [0, 0.05) is 16.9 Å². The van der Waals surface area contributed by atoms with Gasteiger partial charge < -0.3 is 10.1 Å². The van der Waals surface area contributed by atoms with Crippen molar-refractivity contribution in [3.05, 3.63) is 35.2 Å². The third-order valence-electron chi connectivity index (χ3n) is 3.00. The summed E-state index contributed by atoms with van der Waals surface area (Å²) in [5.41, 5.74) is 1.62. The molecule has 22 heavy (non-hydrogen) atoms. The number of hydrogen-bond acceptors (Lipinski definition) is 5. The molecule has 1 amide bonds. The van der Waals surface area contributed by atoms with Crippen LogP contribution in [0.3, 0.4) is 0 Å². The average Bonchev–Trinajstić information content (AvgIpc) is 2.90. The Balaban J connectivity index is 2.31. The first kappa shape index (κ1) is 16.2. The Labute approximate surface area is 133 Å². The van der Waals surface area contributed by atoms with Crippen molar-refractivity contribution in [3.63, 3.8) is 0 Å². The summed E-state index contributed by atoms with van der Waals surface area (Å²) < 4.78 is 4.73. The molecule has 0 fully saturated rings. The topological polar surface area (TPSA) is 68.3 Å². The molecule has 1 N–H and O–H groups in total. The quantitative estimate of drug-likeness (QED) is 0.830. The molecule has 0 aliphatic rings. The van der Waals surface area contributed by atoms with Gasteiger partial charge in [0.15, 0.2) is 5.13 Å². The molecule has 0 radical (unpaired) electrons. The number of methoxy groups -OCH3 is 1. The predicted octanol–water partition coefficient (Wildman–Crippen LogP) is 3.26. The van der Waals surface area contributed by atoms with E-state index in [0.717, 1.165) is 16.9 Å². The van der Waals surface area contributed by atoms with Crippen LogP contribution in [0.2, 0.25) is 0 Å². The molecule has 0 saturated carbocycles. The number of amides is 1. The molecular weight excluding hydrogens is 300 g/mol. The Bertz CT molecular complexity index is 653. The maximum Gasteiger partial charge on any atom is 0.310 e. The predicted molar refractivity (Wildman–Crippen MR) is 86.8 cm³/mol. The van der Waals surface area contributed by atoms with Crippen molar-refractivity contribution in [3.8, 4) is 11.3 Å². The van der Waals surface area contributed by atoms with E-state index < -0.39 is 0 Å². The van der Waals surface area contributed by atoms with Gasteiger partial charge in [-0.3, -0.25) is 9.59 Å². The zero-order valence-electron chi connectivity index (χ0n) is 12.6. The molecule has 116 valence electrons. The number of ether oxygens (including phenoxy) is 1. The highest BCUT2D eigenvalue weighted by Crippen LogP contribution is 2.31. The first-order valence-electron chi connectivity index (χ1n) is 7.05. The van der Waals surface area contributed by atoms with Crippen molar-refractivity contribution >= 4 is 28.3 Å². The van der Waals surface area contributed by atoms with E-state index >= 15 is 0 Å². The highest BCUT2D eigenvalue weighted by molar-refractivity contribution is 7.16. The summed E-state index contributed by atoms with van der Waals surface area (Å²) in [6.07, 6.45) is 1.37. The van der Waals surface area contributed by atoms with Gasteiger partial charge in [0.1, 0.15) is 0 Å². The zero-order valence-corrected chi connectivity index (χ0v) is 13.4. The normalized spacial score (nSPS) is 10.3. The van der Waals surface area contributed by atoms with Gasteiger partial charge in [-0.1, -0.05) is 37.3 Å². The van der Waals surface area contributed by atoms with Gasteiger partial charge in [0.2, 0.25) is 5.91 Å². The van der Waals surface area contributed by atoms with E-state index in [-0.39, 0.29) is 18.3 Å². The molecular formula is C16H18N2O3S. The van der Waals surface area contributed by atoms with Crippen LogP contribution in [0.25, 0.3) is 11.3 Å². The molecule has 0 aliphatic carbocycles. The van der Waals surface area contributed by atoms with E-state index in [1.807, 2.05) is 37.3 Å². The fourth-order valence-electron chi connectivity index (χ4n) is 1.96. The highest BCUT2D eigenvalue weighted by Gasteiger charge is 2.17. The first-order valence-corrected chi connectivity index (χ1v) is 7.87. The summed E-state index contributed by atoms with van der Waals surface area (Å²) in [4.78, 5) is 28.5. The van der Waals surface area contributed by atoms with Crippen LogP contribution in [0.1, 0.15) is 24.6 Å². The van der Waals surface area contributed by atoms with Crippen molar-refractivity contribution in [1.29, 1.82) is 0 Å². The van der Waals surface area contributed by atoms with E-state index in [1.165, 1.54) is 18.4 Å². The number of anilines is 1. The van der Waals surface area contributed by atoms with Crippen LogP contribution >= 0.6 is 11.3 Å². The Hall–Kier alpha value is -2.21. The van der Waals surface area contributed by atoms with Crippen LogP contribution < -0.4 is 5.32 Å². The van der Waals surface area contributed by atoms with Crippen LogP contribution in [-0.4, -0.2) is 24.0 Å². The van der Waals surface area contributed by atoms with Crippen LogP contribution in [0.4, 0.5) is 5.13 Å². The van der Waals surface area contributed by atoms with Gasteiger partial charge in [0.25, 0.3) is 0 Å². The Morgan fingerprint density at radius 3 is 2.64 bits per heavy atom. The number of carbonyl (C=O) groups is 2. The van der Waals surface area contributed by atoms with Crippen LogP contribution in [-0.2, 0) is 20.7 Å². The van der Waals surface area contributed by atoms with Crippen molar-refractivity contribution in [1.82, 2.24) is 4.98 Å². The van der Waals surface area contributed by atoms with Gasteiger partial charge in [-0.25, -0.2) is 4.98 Å². The molecule has 6 heteroatoms. The van der Waals surface area contributed by atoms with E-state index in [1.54, 1.807) is 0 Å². The number of aromatic nitrogens is 1. The third kappa shape index (κ3) is 4.14. The standard InChI is InChI=1S/C16H18N2O3S/c1-3-7-13(19)17-16-18-15(11-8-5-4-6-9-11)12(22-16)10-14(20)21-2/h4-6,8-9H,3,7,10H2,1-2H3,(H,17,18,19). The SMILES string of the molecule is CCCC(=O)Nc1nc(-c2ccccc2)c(CC(=O)OC)s1. The second-order valence-electron chi connectivity index (χ2n) is 4.71. The Kier molecular flexibility index (Phi) is 5.66. The molecule has 0 atom stereocenters. The van der Waals surface area contributed by atoms with E-state index in [2.05, 4.69) is 10.3 Å². The van der Waals surface area contributed by atoms with Crippen LogP contribution in [0, 0.1) is 0 Å². The molecule has 2 aromatic rings. The highest BCUT2D eigenvalue weighted by atomic mass is 32.1. The monoisotopic (exact) mass is 318 g/mol. The minimum absolute atomic E-state index is 0.0690. The molecule has 5 nitrogen and oxygen atoms in total. The van der Waals surface area contributed by atoms with E-state index in [4.69, 9.17) is 4.74 Å². The molecule has 0 aliphatic heterocycles. The minimum Gasteiger partial charge on any atom is -0.469 e. The van der Waals surface area contributed by atoms with Gasteiger partial charge in [-0.15, -0.1) is 11.3 Å². The molecule has 1 aromatic carbocycles. The van der Waals surface area contributed by atoms with E-state index in [0.29, 0.717) is 17.2 Å². The lowest BCUT2D eigenvalue weighted by molar-refractivity contribution is -0.139. The largest absolute Gasteiger partial charge is 0.469 e. The summed E-state index contributed by atoms with van der Waals surface area (Å²) >= 11 is 1.31. The van der Waals surface area contributed by atoms with Crippen LogP contribution in [0.5, 0.6) is 0 Å². The molecule has 1 heterocycles. The Morgan fingerprint density at radius 1 is 1.27 bits per heavy atom. The lowest BCUT2D eigenvalue weighted by atomic mass is 10.1. The van der Waals surface area contributed by atoms with Gasteiger partial charge in [0.05, 0.1) is 19.2 Å². The minimum atomic E-state index is -0.327. The maximum atomic E-state index is 11.7. The molecule has 0 spiro atoms. The molecule has 1 aromatic heterocycles. The van der Waals surface area contributed by atoms with E-state index in [9.17, 15) is 9.59 Å². The number of carbonyl (C=O) groups excluding carboxylic acids is 2. The fraction of sp³-hybridized carbons (Fsp3) is 0.312. The summed E-state index contributed by atoms with van der Waals surface area (Å²) in [6, 6.07) is 9.58. The summed E-state index contributed by atoms with van der Waals surface area (Å²) in [6.45, 7) is 1.94. The number of thiazole rings is 1. The summed E-state index contributed by atoms with van der Waals surface area (Å²) in [5, 5.41) is 3.29. The number of nitrogens with zero attached hydrogens (tertiary/aromatic N) is 1. The number of rotatable bonds is 6. The smallest absolute Gasteiger partial charge is 0.310 e. The van der Waals surface area contributed by atoms with Gasteiger partial charge >= 0.3 is 5.97 Å². The maximum absolute atomic E-state index is 11.7. The number of esters is 1. The van der Waals surface area contributed by atoms with Crippen molar-refractivity contribution in [2.45, 2.75) is 26.2 Å². The lowest BCUT2D eigenvalue weighted by Gasteiger charge is -2.01.